The summed E-state index contributed by atoms with van der Waals surface area (Å²) in [6.45, 7) is 2.00. The summed E-state index contributed by atoms with van der Waals surface area (Å²) in [6.07, 6.45) is 6.51. The van der Waals surface area contributed by atoms with Crippen LogP contribution in [0, 0.1) is 18.3 Å². The largest absolute Gasteiger partial charge is 0.371 e. The number of hydrogen-bond acceptors (Lipinski definition) is 2. The fourth-order valence-electron chi connectivity index (χ4n) is 2.81. The molecular weight excluding hydrogens is 244 g/mol. The van der Waals surface area contributed by atoms with Crippen LogP contribution in [-0.2, 0) is 0 Å². The van der Waals surface area contributed by atoms with E-state index in [0.717, 1.165) is 11.3 Å². The van der Waals surface area contributed by atoms with Gasteiger partial charge in [0, 0.05) is 18.8 Å². The quantitative estimate of drug-likeness (QED) is 0.795. The molecule has 18 heavy (non-hydrogen) atoms. The number of rotatable bonds is 2. The average molecular weight is 263 g/mol. The number of benzene rings is 1. The van der Waals surface area contributed by atoms with Gasteiger partial charge in [-0.05, 0) is 37.5 Å². The first kappa shape index (κ1) is 13.2. The van der Waals surface area contributed by atoms with Crippen molar-refractivity contribution in [2.45, 2.75) is 45.1 Å². The van der Waals surface area contributed by atoms with Gasteiger partial charge in [0.25, 0.3) is 0 Å². The summed E-state index contributed by atoms with van der Waals surface area (Å²) in [7, 11) is 2.14. The van der Waals surface area contributed by atoms with Crippen molar-refractivity contribution in [3.8, 4) is 6.07 Å². The minimum absolute atomic E-state index is 0.565. The summed E-state index contributed by atoms with van der Waals surface area (Å²) >= 11 is 6.23. The number of nitrogens with zero attached hydrogens (tertiary/aromatic N) is 2. The van der Waals surface area contributed by atoms with E-state index in [1.807, 2.05) is 19.1 Å². The normalized spacial score (nSPS) is 16.3. The van der Waals surface area contributed by atoms with Gasteiger partial charge in [-0.15, -0.1) is 0 Å². The lowest BCUT2D eigenvalue weighted by Crippen LogP contribution is -2.33. The van der Waals surface area contributed by atoms with Crippen molar-refractivity contribution < 1.29 is 0 Å². The van der Waals surface area contributed by atoms with E-state index in [4.69, 9.17) is 16.9 Å². The maximum absolute atomic E-state index is 8.97. The maximum Gasteiger partial charge on any atom is 0.101 e. The van der Waals surface area contributed by atoms with E-state index in [0.29, 0.717) is 16.6 Å². The van der Waals surface area contributed by atoms with Gasteiger partial charge in [-0.3, -0.25) is 0 Å². The topological polar surface area (TPSA) is 27.0 Å². The van der Waals surface area contributed by atoms with E-state index in [9.17, 15) is 0 Å². The van der Waals surface area contributed by atoms with Gasteiger partial charge in [0.1, 0.15) is 6.07 Å². The second kappa shape index (κ2) is 5.63. The van der Waals surface area contributed by atoms with Crippen LogP contribution >= 0.6 is 11.6 Å². The molecular formula is C15H19ClN2. The SMILES string of the molecule is Cc1c(N(C)C2CCCCC2)ccc(C#N)c1Cl. The summed E-state index contributed by atoms with van der Waals surface area (Å²) in [4.78, 5) is 2.33. The molecule has 1 aromatic carbocycles. The molecule has 0 bridgehead atoms. The highest BCUT2D eigenvalue weighted by Gasteiger charge is 2.20. The Hall–Kier alpha value is -1.20. The molecule has 3 heteroatoms. The molecule has 1 aromatic rings. The molecule has 1 saturated carbocycles. The van der Waals surface area contributed by atoms with E-state index in [1.165, 1.54) is 32.1 Å². The lowest BCUT2D eigenvalue weighted by atomic mass is 9.93. The zero-order valence-electron chi connectivity index (χ0n) is 11.0. The van der Waals surface area contributed by atoms with E-state index in [-0.39, 0.29) is 0 Å². The molecule has 0 aliphatic heterocycles. The van der Waals surface area contributed by atoms with Crippen LogP contribution in [0.2, 0.25) is 5.02 Å². The van der Waals surface area contributed by atoms with Gasteiger partial charge in [-0.1, -0.05) is 30.9 Å². The lowest BCUT2D eigenvalue weighted by Gasteiger charge is -2.34. The number of anilines is 1. The summed E-state index contributed by atoms with van der Waals surface area (Å²) in [6, 6.07) is 6.59. The molecule has 2 rings (SSSR count). The number of hydrogen-bond donors (Lipinski definition) is 0. The molecule has 0 atom stereocenters. The molecule has 0 unspecified atom stereocenters. The van der Waals surface area contributed by atoms with Gasteiger partial charge in [0.05, 0.1) is 10.6 Å². The highest BCUT2D eigenvalue weighted by Crippen LogP contribution is 2.32. The van der Waals surface area contributed by atoms with Gasteiger partial charge in [0.2, 0.25) is 0 Å². The highest BCUT2D eigenvalue weighted by atomic mass is 35.5. The first-order valence-corrected chi connectivity index (χ1v) is 6.95. The third kappa shape index (κ3) is 2.47. The van der Waals surface area contributed by atoms with E-state index >= 15 is 0 Å². The van der Waals surface area contributed by atoms with Crippen LogP contribution in [0.5, 0.6) is 0 Å². The van der Waals surface area contributed by atoms with Gasteiger partial charge in [0.15, 0.2) is 0 Å². The molecule has 0 saturated heterocycles. The molecule has 0 radical (unpaired) electrons. The van der Waals surface area contributed by atoms with Crippen LogP contribution in [0.4, 0.5) is 5.69 Å². The second-order valence-electron chi connectivity index (χ2n) is 5.09. The van der Waals surface area contributed by atoms with Gasteiger partial charge >= 0.3 is 0 Å². The molecule has 0 spiro atoms. The smallest absolute Gasteiger partial charge is 0.101 e. The van der Waals surface area contributed by atoms with Crippen molar-refractivity contribution in [2.24, 2.45) is 0 Å². The van der Waals surface area contributed by atoms with Crippen LogP contribution in [0.15, 0.2) is 12.1 Å². The minimum Gasteiger partial charge on any atom is -0.371 e. The third-order valence-corrected chi connectivity index (χ3v) is 4.47. The van der Waals surface area contributed by atoms with Gasteiger partial charge in [-0.25, -0.2) is 0 Å². The third-order valence-electron chi connectivity index (χ3n) is 3.98. The Labute approximate surface area is 114 Å². The summed E-state index contributed by atoms with van der Waals surface area (Å²) in [5.74, 6) is 0. The standard InChI is InChI=1S/C15H19ClN2/c1-11-14(9-8-12(10-17)15(11)16)18(2)13-6-4-3-5-7-13/h8-9,13H,3-7H2,1-2H3. The zero-order chi connectivity index (χ0) is 13.1. The Morgan fingerprint density at radius 2 is 1.94 bits per heavy atom. The summed E-state index contributed by atoms with van der Waals surface area (Å²) in [5.41, 5.74) is 2.74. The fraction of sp³-hybridized carbons (Fsp3) is 0.533. The first-order valence-electron chi connectivity index (χ1n) is 6.57. The van der Waals surface area contributed by atoms with E-state index in [1.54, 1.807) is 0 Å². The van der Waals surface area contributed by atoms with E-state index in [2.05, 4.69) is 18.0 Å². The summed E-state index contributed by atoms with van der Waals surface area (Å²) in [5, 5.41) is 9.57. The lowest BCUT2D eigenvalue weighted by molar-refractivity contribution is 0.427. The minimum atomic E-state index is 0.565. The van der Waals surface area contributed by atoms with E-state index < -0.39 is 0 Å². The van der Waals surface area contributed by atoms with Crippen LogP contribution < -0.4 is 4.90 Å². The van der Waals surface area contributed by atoms with Gasteiger partial charge in [-0.2, -0.15) is 5.26 Å². The Morgan fingerprint density at radius 3 is 2.56 bits per heavy atom. The Bertz CT molecular complexity index is 470. The Morgan fingerprint density at radius 1 is 1.28 bits per heavy atom. The first-order chi connectivity index (χ1) is 8.65. The molecule has 0 heterocycles. The van der Waals surface area contributed by atoms with Crippen LogP contribution in [-0.4, -0.2) is 13.1 Å². The molecule has 96 valence electrons. The molecule has 0 aromatic heterocycles. The number of nitriles is 1. The predicted octanol–water partition coefficient (Wildman–Crippen LogP) is 4.29. The number of halogens is 1. The molecule has 1 aliphatic carbocycles. The Balaban J connectivity index is 2.28. The van der Waals surface area contributed by atoms with Crippen LogP contribution in [0.3, 0.4) is 0 Å². The highest BCUT2D eigenvalue weighted by molar-refractivity contribution is 6.32. The maximum atomic E-state index is 8.97. The van der Waals surface area contributed by atoms with Crippen LogP contribution in [0.25, 0.3) is 0 Å². The van der Waals surface area contributed by atoms with Crippen LogP contribution in [0.1, 0.15) is 43.2 Å². The van der Waals surface area contributed by atoms with Crippen molar-refractivity contribution in [3.05, 3.63) is 28.3 Å². The molecule has 1 aliphatic rings. The van der Waals surface area contributed by atoms with Crippen molar-refractivity contribution in [2.75, 3.05) is 11.9 Å². The van der Waals surface area contributed by atoms with Crippen molar-refractivity contribution >= 4 is 17.3 Å². The monoisotopic (exact) mass is 262 g/mol. The predicted molar refractivity (Wildman–Crippen MR) is 76.2 cm³/mol. The zero-order valence-corrected chi connectivity index (χ0v) is 11.8. The Kier molecular flexibility index (Phi) is 4.14. The van der Waals surface area contributed by atoms with Crippen molar-refractivity contribution in [3.63, 3.8) is 0 Å². The van der Waals surface area contributed by atoms with Crippen molar-refractivity contribution in [1.82, 2.24) is 0 Å². The van der Waals surface area contributed by atoms with Gasteiger partial charge < -0.3 is 4.90 Å². The average Bonchev–Trinajstić information content (AvgIpc) is 2.42. The molecule has 0 N–H and O–H groups in total. The molecule has 2 nitrogen and oxygen atoms in total. The fourth-order valence-corrected chi connectivity index (χ4v) is 3.01. The molecule has 1 fully saturated rings. The second-order valence-corrected chi connectivity index (χ2v) is 5.46. The van der Waals surface area contributed by atoms with Crippen molar-refractivity contribution in [1.29, 1.82) is 5.26 Å². The summed E-state index contributed by atoms with van der Waals surface area (Å²) < 4.78 is 0. The molecule has 0 amide bonds.